The summed E-state index contributed by atoms with van der Waals surface area (Å²) >= 11 is 0. The van der Waals surface area contributed by atoms with Gasteiger partial charge in [-0.1, -0.05) is 27.2 Å². The first-order valence-corrected chi connectivity index (χ1v) is 5.39. The molecule has 0 radical (unpaired) electrons. The number of hydrogen-bond acceptors (Lipinski definition) is 1. The van der Waals surface area contributed by atoms with Crippen molar-refractivity contribution in [2.24, 2.45) is 17.3 Å². The minimum Gasteiger partial charge on any atom is -0.351 e. The number of nitrogens with one attached hydrogen (secondary N) is 1. The number of hydrogen-bond donors (Lipinski definition) is 1. The van der Waals surface area contributed by atoms with E-state index < -0.39 is 0 Å². The Morgan fingerprint density at radius 1 is 1.38 bits per heavy atom. The molecule has 2 fully saturated rings. The molecule has 1 heterocycles. The molecule has 2 atom stereocenters. The Morgan fingerprint density at radius 3 is 2.31 bits per heavy atom. The van der Waals surface area contributed by atoms with Crippen molar-refractivity contribution in [3.63, 3.8) is 0 Å². The minimum atomic E-state index is 0.0731. The highest BCUT2D eigenvalue weighted by molar-refractivity contribution is 5.91. The molecule has 0 aromatic carbocycles. The van der Waals surface area contributed by atoms with Gasteiger partial charge in [-0.2, -0.15) is 0 Å². The molecule has 1 saturated carbocycles. The Labute approximate surface area is 80.1 Å². The van der Waals surface area contributed by atoms with Crippen molar-refractivity contribution in [2.75, 3.05) is 0 Å². The van der Waals surface area contributed by atoms with Gasteiger partial charge in [0.1, 0.15) is 0 Å². The van der Waals surface area contributed by atoms with Crippen molar-refractivity contribution in [3.05, 3.63) is 0 Å². The fourth-order valence-corrected chi connectivity index (χ4v) is 2.60. The van der Waals surface area contributed by atoms with E-state index in [1.807, 2.05) is 0 Å². The maximum Gasteiger partial charge on any atom is 0.228 e. The monoisotopic (exact) mass is 181 g/mol. The van der Waals surface area contributed by atoms with E-state index in [1.165, 1.54) is 6.42 Å². The Kier molecular flexibility index (Phi) is 1.90. The number of carbonyl (C=O) groups is 1. The molecule has 1 N–H and O–H groups in total. The van der Waals surface area contributed by atoms with Crippen LogP contribution in [-0.2, 0) is 4.79 Å². The Bertz CT molecular complexity index is 230. The first-order valence-electron chi connectivity index (χ1n) is 5.39. The molecular formula is C11H19NO. The van der Waals surface area contributed by atoms with Crippen LogP contribution in [0.5, 0.6) is 0 Å². The highest BCUT2D eigenvalue weighted by Gasteiger charge is 2.59. The lowest BCUT2D eigenvalue weighted by Crippen LogP contribution is -2.72. The summed E-state index contributed by atoms with van der Waals surface area (Å²) in [4.78, 5) is 11.5. The molecule has 0 aromatic heterocycles. The normalized spacial score (nSPS) is 32.3. The number of amides is 1. The average Bonchev–Trinajstić information content (AvgIpc) is 1.95. The molecule has 0 bridgehead atoms. The fourth-order valence-electron chi connectivity index (χ4n) is 2.60. The van der Waals surface area contributed by atoms with E-state index in [0.29, 0.717) is 23.8 Å². The summed E-state index contributed by atoms with van der Waals surface area (Å²) < 4.78 is 0. The predicted molar refractivity (Wildman–Crippen MR) is 52.2 cm³/mol. The van der Waals surface area contributed by atoms with E-state index in [9.17, 15) is 4.79 Å². The third-order valence-corrected chi connectivity index (χ3v) is 4.16. The van der Waals surface area contributed by atoms with Gasteiger partial charge in [-0.15, -0.1) is 0 Å². The molecular weight excluding hydrogens is 162 g/mol. The van der Waals surface area contributed by atoms with Crippen molar-refractivity contribution in [1.82, 2.24) is 5.32 Å². The molecule has 1 aliphatic heterocycles. The second-order valence-electron chi connectivity index (χ2n) is 5.06. The van der Waals surface area contributed by atoms with Gasteiger partial charge in [0.15, 0.2) is 0 Å². The van der Waals surface area contributed by atoms with Gasteiger partial charge in [0.25, 0.3) is 0 Å². The molecule has 2 rings (SSSR count). The summed E-state index contributed by atoms with van der Waals surface area (Å²) in [5.41, 5.74) is 0.0731. The highest BCUT2D eigenvalue weighted by atomic mass is 16.2. The Balaban J connectivity index is 2.06. The number of β-lactam (4-membered cyclic amide) rings is 1. The standard InChI is InChI=1S/C11H19NO/c1-7(2)8(3)9-11(5-4-6-11)10(13)12-9/h7-9H,4-6H2,1-3H3,(H,12,13). The van der Waals surface area contributed by atoms with Crippen LogP contribution in [0.4, 0.5) is 0 Å². The third kappa shape index (κ3) is 1.04. The maximum absolute atomic E-state index is 11.5. The van der Waals surface area contributed by atoms with E-state index in [2.05, 4.69) is 26.1 Å². The van der Waals surface area contributed by atoms with E-state index in [-0.39, 0.29) is 5.41 Å². The quantitative estimate of drug-likeness (QED) is 0.648. The third-order valence-electron chi connectivity index (χ3n) is 4.16. The summed E-state index contributed by atoms with van der Waals surface area (Å²) in [5, 5.41) is 3.08. The van der Waals surface area contributed by atoms with Gasteiger partial charge < -0.3 is 5.32 Å². The zero-order chi connectivity index (χ0) is 9.64. The Morgan fingerprint density at radius 2 is 2.00 bits per heavy atom. The summed E-state index contributed by atoms with van der Waals surface area (Å²) in [6, 6.07) is 0.466. The average molecular weight is 181 g/mol. The smallest absolute Gasteiger partial charge is 0.228 e. The summed E-state index contributed by atoms with van der Waals surface area (Å²) in [6.45, 7) is 6.73. The van der Waals surface area contributed by atoms with Crippen LogP contribution in [0.3, 0.4) is 0 Å². The van der Waals surface area contributed by atoms with Crippen molar-refractivity contribution in [3.8, 4) is 0 Å². The largest absolute Gasteiger partial charge is 0.351 e. The molecule has 1 spiro atoms. The lowest BCUT2D eigenvalue weighted by atomic mass is 9.55. The molecule has 0 aromatic rings. The van der Waals surface area contributed by atoms with Gasteiger partial charge in [0.05, 0.1) is 5.41 Å². The van der Waals surface area contributed by atoms with Gasteiger partial charge in [-0.3, -0.25) is 4.79 Å². The second-order valence-corrected chi connectivity index (χ2v) is 5.06. The van der Waals surface area contributed by atoms with E-state index >= 15 is 0 Å². The van der Waals surface area contributed by atoms with Crippen LogP contribution in [-0.4, -0.2) is 11.9 Å². The van der Waals surface area contributed by atoms with Gasteiger partial charge in [0.2, 0.25) is 5.91 Å². The zero-order valence-corrected chi connectivity index (χ0v) is 8.76. The van der Waals surface area contributed by atoms with Crippen molar-refractivity contribution in [1.29, 1.82) is 0 Å². The molecule has 1 aliphatic carbocycles. The molecule has 13 heavy (non-hydrogen) atoms. The first kappa shape index (κ1) is 9.04. The number of rotatable bonds is 2. The number of carbonyl (C=O) groups excluding carboxylic acids is 1. The van der Waals surface area contributed by atoms with E-state index in [4.69, 9.17) is 0 Å². The SMILES string of the molecule is CC(C)C(C)C1NC(=O)C12CCC2. The maximum atomic E-state index is 11.5. The van der Waals surface area contributed by atoms with Crippen LogP contribution >= 0.6 is 0 Å². The topological polar surface area (TPSA) is 29.1 Å². The first-order chi connectivity index (χ1) is 6.08. The molecule has 2 nitrogen and oxygen atoms in total. The highest BCUT2D eigenvalue weighted by Crippen LogP contribution is 2.52. The second kappa shape index (κ2) is 2.73. The summed E-state index contributed by atoms with van der Waals surface area (Å²) in [6.07, 6.45) is 3.50. The lowest BCUT2D eigenvalue weighted by Gasteiger charge is -2.57. The van der Waals surface area contributed by atoms with Crippen molar-refractivity contribution < 1.29 is 4.79 Å². The van der Waals surface area contributed by atoms with Crippen LogP contribution in [0.15, 0.2) is 0 Å². The molecule has 2 unspecified atom stereocenters. The zero-order valence-electron chi connectivity index (χ0n) is 8.76. The van der Waals surface area contributed by atoms with Crippen LogP contribution in [0.2, 0.25) is 0 Å². The van der Waals surface area contributed by atoms with Crippen molar-refractivity contribution in [2.45, 2.75) is 46.1 Å². The molecule has 1 amide bonds. The van der Waals surface area contributed by atoms with E-state index in [1.54, 1.807) is 0 Å². The van der Waals surface area contributed by atoms with Crippen molar-refractivity contribution >= 4 is 5.91 Å². The van der Waals surface area contributed by atoms with Gasteiger partial charge >= 0.3 is 0 Å². The Hall–Kier alpha value is -0.530. The molecule has 2 aliphatic rings. The summed E-state index contributed by atoms with van der Waals surface area (Å²) in [7, 11) is 0. The lowest BCUT2D eigenvalue weighted by molar-refractivity contribution is -0.159. The van der Waals surface area contributed by atoms with Crippen LogP contribution in [0.1, 0.15) is 40.0 Å². The predicted octanol–water partition coefficient (Wildman–Crippen LogP) is 1.95. The molecule has 2 heteroatoms. The summed E-state index contributed by atoms with van der Waals surface area (Å²) in [5.74, 6) is 1.61. The van der Waals surface area contributed by atoms with Gasteiger partial charge in [0, 0.05) is 6.04 Å². The fraction of sp³-hybridized carbons (Fsp3) is 0.909. The minimum absolute atomic E-state index is 0.0731. The van der Waals surface area contributed by atoms with Crippen LogP contribution < -0.4 is 5.32 Å². The van der Waals surface area contributed by atoms with Gasteiger partial charge in [-0.25, -0.2) is 0 Å². The van der Waals surface area contributed by atoms with E-state index in [0.717, 1.165) is 12.8 Å². The molecule has 74 valence electrons. The van der Waals surface area contributed by atoms with Gasteiger partial charge in [-0.05, 0) is 24.7 Å². The van der Waals surface area contributed by atoms with Crippen LogP contribution in [0, 0.1) is 17.3 Å². The van der Waals surface area contributed by atoms with Crippen LogP contribution in [0.25, 0.3) is 0 Å². The molecule has 1 saturated heterocycles.